The van der Waals surface area contributed by atoms with Gasteiger partial charge in [0.2, 0.25) is 5.91 Å². The lowest BCUT2D eigenvalue weighted by Gasteiger charge is -2.36. The summed E-state index contributed by atoms with van der Waals surface area (Å²) in [7, 11) is 0. The lowest BCUT2D eigenvalue weighted by molar-refractivity contribution is -0.117. The van der Waals surface area contributed by atoms with Gasteiger partial charge in [-0.15, -0.1) is 0 Å². The van der Waals surface area contributed by atoms with Gasteiger partial charge in [0.25, 0.3) is 5.91 Å². The lowest BCUT2D eigenvalue weighted by Crippen LogP contribution is -2.49. The van der Waals surface area contributed by atoms with Gasteiger partial charge in [-0.25, -0.2) is 9.97 Å². The number of rotatable bonds is 4. The highest BCUT2D eigenvalue weighted by Crippen LogP contribution is 2.22. The van der Waals surface area contributed by atoms with Crippen LogP contribution in [0.25, 0.3) is 0 Å². The highest BCUT2D eigenvalue weighted by Gasteiger charge is 2.25. The molecule has 0 N–H and O–H groups in total. The number of hydrogen-bond donors (Lipinski definition) is 0. The first-order valence-electron chi connectivity index (χ1n) is 10.3. The van der Waals surface area contributed by atoms with E-state index in [-0.39, 0.29) is 11.8 Å². The fraction of sp³-hybridized carbons (Fsp3) is 0.455. The second-order valence-electron chi connectivity index (χ2n) is 7.67. The third-order valence-corrected chi connectivity index (χ3v) is 5.73. The summed E-state index contributed by atoms with van der Waals surface area (Å²) in [5.41, 5.74) is 2.99. The van der Waals surface area contributed by atoms with Crippen LogP contribution in [0, 0.1) is 6.92 Å². The normalized spacial score (nSPS) is 17.2. The number of amides is 2. The number of piperazine rings is 1. The third kappa shape index (κ3) is 3.95. The van der Waals surface area contributed by atoms with E-state index in [1.807, 2.05) is 11.1 Å². The van der Waals surface area contributed by atoms with E-state index in [1.165, 1.54) is 11.1 Å². The fourth-order valence-corrected chi connectivity index (χ4v) is 4.02. The van der Waals surface area contributed by atoms with E-state index in [9.17, 15) is 9.59 Å². The summed E-state index contributed by atoms with van der Waals surface area (Å²) in [5.74, 6) is 1.73. The Morgan fingerprint density at radius 3 is 2.45 bits per heavy atom. The Bertz CT molecular complexity index is 904. The predicted octanol–water partition coefficient (Wildman–Crippen LogP) is 2.44. The summed E-state index contributed by atoms with van der Waals surface area (Å²) in [6.45, 7) is 7.76. The Hall–Kier alpha value is -2.96. The molecule has 29 heavy (non-hydrogen) atoms. The zero-order chi connectivity index (χ0) is 20.4. The van der Waals surface area contributed by atoms with E-state index < -0.39 is 0 Å². The Balaban J connectivity index is 1.38. The second-order valence-corrected chi connectivity index (χ2v) is 7.67. The van der Waals surface area contributed by atoms with Crippen molar-refractivity contribution in [3.05, 3.63) is 47.3 Å². The maximum atomic E-state index is 12.9. The van der Waals surface area contributed by atoms with Crippen LogP contribution in [0.5, 0.6) is 0 Å². The van der Waals surface area contributed by atoms with Gasteiger partial charge < -0.3 is 9.80 Å². The molecule has 0 radical (unpaired) electrons. The summed E-state index contributed by atoms with van der Waals surface area (Å²) in [6, 6.07) is 5.74. The van der Waals surface area contributed by atoms with E-state index in [0.717, 1.165) is 31.7 Å². The van der Waals surface area contributed by atoms with Crippen molar-refractivity contribution >= 4 is 23.5 Å². The van der Waals surface area contributed by atoms with Gasteiger partial charge in [-0.3, -0.25) is 14.5 Å². The van der Waals surface area contributed by atoms with Gasteiger partial charge >= 0.3 is 0 Å². The lowest BCUT2D eigenvalue weighted by atomic mass is 10.1. The molecule has 2 aliphatic heterocycles. The van der Waals surface area contributed by atoms with E-state index in [1.54, 1.807) is 23.2 Å². The van der Waals surface area contributed by atoms with Crippen molar-refractivity contribution in [2.24, 2.45) is 0 Å². The van der Waals surface area contributed by atoms with E-state index in [0.29, 0.717) is 37.4 Å². The number of carbonyl (C=O) groups excluding carboxylic acids is 2. The zero-order valence-electron chi connectivity index (χ0n) is 17.1. The Morgan fingerprint density at radius 1 is 1.07 bits per heavy atom. The molecule has 7 nitrogen and oxygen atoms in total. The fourth-order valence-electron chi connectivity index (χ4n) is 4.02. The number of pyridine rings is 2. The van der Waals surface area contributed by atoms with Gasteiger partial charge in [-0.05, 0) is 43.0 Å². The zero-order valence-corrected chi connectivity index (χ0v) is 17.1. The number of carbonyl (C=O) groups is 2. The molecule has 4 rings (SSSR count). The highest BCUT2D eigenvalue weighted by molar-refractivity contribution is 5.96. The predicted molar refractivity (Wildman–Crippen MR) is 112 cm³/mol. The van der Waals surface area contributed by atoms with Crippen LogP contribution < -0.4 is 9.80 Å². The molecule has 7 heteroatoms. The van der Waals surface area contributed by atoms with Gasteiger partial charge in [-0.2, -0.15) is 0 Å². The van der Waals surface area contributed by atoms with Crippen LogP contribution in [-0.2, 0) is 11.2 Å². The second kappa shape index (κ2) is 8.19. The molecule has 2 saturated heterocycles. The van der Waals surface area contributed by atoms with Crippen molar-refractivity contribution in [2.45, 2.75) is 33.1 Å². The third-order valence-electron chi connectivity index (χ3n) is 5.73. The van der Waals surface area contributed by atoms with Crippen molar-refractivity contribution in [3.63, 3.8) is 0 Å². The van der Waals surface area contributed by atoms with Crippen molar-refractivity contribution in [1.29, 1.82) is 0 Å². The van der Waals surface area contributed by atoms with Gasteiger partial charge in [-0.1, -0.05) is 13.0 Å². The summed E-state index contributed by atoms with van der Waals surface area (Å²) < 4.78 is 0. The molecule has 0 aliphatic carbocycles. The molecule has 2 aliphatic rings. The number of aromatic nitrogens is 2. The monoisotopic (exact) mass is 393 g/mol. The van der Waals surface area contributed by atoms with Crippen LogP contribution in [0.1, 0.15) is 41.3 Å². The molecule has 152 valence electrons. The van der Waals surface area contributed by atoms with Crippen molar-refractivity contribution in [1.82, 2.24) is 14.9 Å². The van der Waals surface area contributed by atoms with Crippen LogP contribution in [-0.4, -0.2) is 59.4 Å². The van der Waals surface area contributed by atoms with Gasteiger partial charge in [0.05, 0.1) is 5.56 Å². The first-order chi connectivity index (χ1) is 14.1. The summed E-state index contributed by atoms with van der Waals surface area (Å²) in [5, 5.41) is 0. The standard InChI is InChI=1S/C22H27N5O2/c1-3-17-13-16(2)21(24-14-17)25-9-11-26(12-10-25)22(29)18-6-7-19(23-15-18)27-8-4-5-20(27)28/h6-7,13-15H,3-5,8-12H2,1-2H3. The summed E-state index contributed by atoms with van der Waals surface area (Å²) in [4.78, 5) is 39.5. The molecule has 0 spiro atoms. The maximum absolute atomic E-state index is 12.9. The van der Waals surface area contributed by atoms with Gasteiger partial charge in [0, 0.05) is 51.5 Å². The van der Waals surface area contributed by atoms with Crippen molar-refractivity contribution in [3.8, 4) is 0 Å². The molecule has 0 bridgehead atoms. The number of nitrogens with zero attached hydrogens (tertiary/aromatic N) is 5. The van der Waals surface area contributed by atoms with Crippen LogP contribution >= 0.6 is 0 Å². The van der Waals surface area contributed by atoms with Crippen molar-refractivity contribution < 1.29 is 9.59 Å². The molecule has 0 atom stereocenters. The topological polar surface area (TPSA) is 69.6 Å². The molecule has 4 heterocycles. The van der Waals surface area contributed by atoms with E-state index in [4.69, 9.17) is 0 Å². The number of anilines is 2. The average molecular weight is 393 g/mol. The van der Waals surface area contributed by atoms with Crippen LogP contribution in [0.4, 0.5) is 11.6 Å². The molecule has 2 aromatic heterocycles. The Labute approximate surface area is 171 Å². The molecule has 0 aromatic carbocycles. The minimum Gasteiger partial charge on any atom is -0.353 e. The van der Waals surface area contributed by atoms with Crippen LogP contribution in [0.15, 0.2) is 30.6 Å². The molecule has 0 saturated carbocycles. The molecular weight excluding hydrogens is 366 g/mol. The molecular formula is C22H27N5O2. The van der Waals surface area contributed by atoms with E-state index in [2.05, 4.69) is 34.8 Å². The average Bonchev–Trinajstić information content (AvgIpc) is 3.19. The maximum Gasteiger partial charge on any atom is 0.255 e. The summed E-state index contributed by atoms with van der Waals surface area (Å²) in [6.07, 6.45) is 5.95. The first kappa shape index (κ1) is 19.4. The Morgan fingerprint density at radius 2 is 1.86 bits per heavy atom. The SMILES string of the molecule is CCc1cnc(N2CCN(C(=O)c3ccc(N4CCCC4=O)nc3)CC2)c(C)c1. The molecule has 2 amide bonds. The number of aryl methyl sites for hydroxylation is 2. The summed E-state index contributed by atoms with van der Waals surface area (Å²) >= 11 is 0. The minimum absolute atomic E-state index is 0.0116. The largest absolute Gasteiger partial charge is 0.353 e. The van der Waals surface area contributed by atoms with E-state index >= 15 is 0 Å². The van der Waals surface area contributed by atoms with Gasteiger partial charge in [0.1, 0.15) is 11.6 Å². The van der Waals surface area contributed by atoms with Crippen molar-refractivity contribution in [2.75, 3.05) is 42.5 Å². The van der Waals surface area contributed by atoms with Gasteiger partial charge in [0.15, 0.2) is 0 Å². The van der Waals surface area contributed by atoms with Crippen LogP contribution in [0.2, 0.25) is 0 Å². The Kier molecular flexibility index (Phi) is 5.47. The van der Waals surface area contributed by atoms with Crippen LogP contribution in [0.3, 0.4) is 0 Å². The minimum atomic E-state index is -0.0116. The first-order valence-corrected chi connectivity index (χ1v) is 10.3. The smallest absolute Gasteiger partial charge is 0.255 e. The highest BCUT2D eigenvalue weighted by atomic mass is 16.2. The molecule has 2 aromatic rings. The molecule has 2 fully saturated rings. The quantitative estimate of drug-likeness (QED) is 0.798. The number of hydrogen-bond acceptors (Lipinski definition) is 5. The molecule has 0 unspecified atom stereocenters.